The number of rotatable bonds is 28. The highest BCUT2D eigenvalue weighted by atomic mass is 16.3. The van der Waals surface area contributed by atoms with Crippen molar-refractivity contribution in [1.29, 1.82) is 5.41 Å². The SMILES string of the molecule is C[C@@H](CCCCN)C(=O)N[C@@H](CO)C(=O)N[C@@H](Cc1c[nH]c2ccccc12)C(=O)N[C@@H](CO)C(=O)N[C@@H](CCCNC(=N)N)C(=O)NC(Cc1c[nH]c2ccccc12)C(=O)N[C@H](C(N)=O)[C@@H](C)O. The van der Waals surface area contributed by atoms with Gasteiger partial charge in [0.05, 0.1) is 19.3 Å². The Hall–Kier alpha value is -7.08. The number of fused-ring (bicyclic) bond motifs is 2. The number of hydrogen-bond donors (Lipinski definition) is 16. The molecule has 0 spiro atoms. The second-order valence-corrected chi connectivity index (χ2v) is 16.6. The van der Waals surface area contributed by atoms with E-state index in [4.69, 9.17) is 22.6 Å². The first-order valence-electron chi connectivity index (χ1n) is 22.4. The monoisotopic (exact) mass is 947 g/mol. The summed E-state index contributed by atoms with van der Waals surface area (Å²) in [5.74, 6) is -7.08. The van der Waals surface area contributed by atoms with Gasteiger partial charge in [-0.05, 0) is 62.4 Å². The number of aromatic nitrogens is 2. The lowest BCUT2D eigenvalue weighted by Gasteiger charge is -2.27. The summed E-state index contributed by atoms with van der Waals surface area (Å²) >= 11 is 0. The highest BCUT2D eigenvalue weighted by Crippen LogP contribution is 2.21. The lowest BCUT2D eigenvalue weighted by atomic mass is 10.0. The average Bonchev–Trinajstić information content (AvgIpc) is 3.92. The number of aliphatic hydroxyl groups is 3. The van der Waals surface area contributed by atoms with Crippen molar-refractivity contribution in [3.05, 3.63) is 72.1 Å². The zero-order valence-electron chi connectivity index (χ0n) is 38.1. The van der Waals surface area contributed by atoms with Gasteiger partial charge < -0.3 is 79.7 Å². The maximum atomic E-state index is 14.2. The third-order valence-electron chi connectivity index (χ3n) is 11.3. The van der Waals surface area contributed by atoms with E-state index < -0.39 is 103 Å². The molecule has 0 aliphatic heterocycles. The van der Waals surface area contributed by atoms with Gasteiger partial charge in [0.15, 0.2) is 5.96 Å². The van der Waals surface area contributed by atoms with Crippen LogP contribution >= 0.6 is 0 Å². The summed E-state index contributed by atoms with van der Waals surface area (Å²) in [6, 6.07) is 5.35. The molecule has 4 aromatic rings. The summed E-state index contributed by atoms with van der Waals surface area (Å²) in [7, 11) is 0. The number of unbranched alkanes of at least 4 members (excludes halogenated alkanes) is 1. The molecule has 2 aromatic carbocycles. The van der Waals surface area contributed by atoms with Crippen molar-refractivity contribution in [1.82, 2.24) is 47.2 Å². The van der Waals surface area contributed by atoms with Gasteiger partial charge >= 0.3 is 0 Å². The van der Waals surface area contributed by atoms with Crippen molar-refractivity contribution in [2.45, 2.75) is 101 Å². The summed E-state index contributed by atoms with van der Waals surface area (Å²) in [6.45, 7) is 1.66. The van der Waals surface area contributed by atoms with Gasteiger partial charge in [-0.25, -0.2) is 0 Å². The van der Waals surface area contributed by atoms with Gasteiger partial charge in [0.1, 0.15) is 36.3 Å². The minimum absolute atomic E-state index is 0.0841. The quantitative estimate of drug-likeness (QED) is 0.0156. The van der Waals surface area contributed by atoms with Gasteiger partial charge in [-0.15, -0.1) is 0 Å². The highest BCUT2D eigenvalue weighted by molar-refractivity contribution is 5.98. The third kappa shape index (κ3) is 15.5. The van der Waals surface area contributed by atoms with E-state index in [1.807, 2.05) is 0 Å². The number of benzene rings is 2. The summed E-state index contributed by atoms with van der Waals surface area (Å²) in [5.41, 5.74) is 19.1. The minimum Gasteiger partial charge on any atom is -0.394 e. The number of aromatic amines is 2. The molecular weight excluding hydrogens is 883 g/mol. The summed E-state index contributed by atoms with van der Waals surface area (Å²) in [6.07, 6.45) is 3.45. The fourth-order valence-electron chi connectivity index (χ4n) is 7.46. The Morgan fingerprint density at radius 1 is 0.603 bits per heavy atom. The van der Waals surface area contributed by atoms with Crippen LogP contribution in [0.5, 0.6) is 0 Å². The number of para-hydroxylation sites is 2. The van der Waals surface area contributed by atoms with E-state index in [9.17, 15) is 48.9 Å². The molecule has 23 nitrogen and oxygen atoms in total. The molecule has 0 saturated carbocycles. The van der Waals surface area contributed by atoms with Crippen LogP contribution in [0.2, 0.25) is 0 Å². The van der Waals surface area contributed by atoms with E-state index >= 15 is 0 Å². The molecule has 0 radical (unpaired) electrons. The van der Waals surface area contributed by atoms with Crippen LogP contribution in [0.4, 0.5) is 0 Å². The maximum absolute atomic E-state index is 14.2. The van der Waals surface area contributed by atoms with Crippen LogP contribution in [0.25, 0.3) is 21.8 Å². The van der Waals surface area contributed by atoms with Crippen molar-refractivity contribution < 1.29 is 48.9 Å². The van der Waals surface area contributed by atoms with Crippen molar-refractivity contribution in [3.8, 4) is 0 Å². The number of carbonyl (C=O) groups excluding carboxylic acids is 7. The van der Waals surface area contributed by atoms with Gasteiger partial charge in [0.2, 0.25) is 41.4 Å². The first kappa shape index (κ1) is 53.5. The van der Waals surface area contributed by atoms with Gasteiger partial charge in [-0.1, -0.05) is 49.7 Å². The third-order valence-corrected chi connectivity index (χ3v) is 11.3. The zero-order valence-corrected chi connectivity index (χ0v) is 38.1. The lowest BCUT2D eigenvalue weighted by molar-refractivity contribution is -0.136. The number of primary amides is 1. The summed E-state index contributed by atoms with van der Waals surface area (Å²) in [5, 5.41) is 57.5. The van der Waals surface area contributed by atoms with E-state index in [0.29, 0.717) is 36.9 Å². The van der Waals surface area contributed by atoms with Crippen LogP contribution in [-0.2, 0) is 46.4 Å². The topological polar surface area (TPSA) is 398 Å². The van der Waals surface area contributed by atoms with E-state index in [2.05, 4.69) is 47.2 Å². The van der Waals surface area contributed by atoms with E-state index in [1.54, 1.807) is 67.8 Å². The van der Waals surface area contributed by atoms with Crippen LogP contribution in [0, 0.1) is 11.3 Å². The molecule has 4 rings (SSSR count). The van der Waals surface area contributed by atoms with Crippen molar-refractivity contribution in [2.75, 3.05) is 26.3 Å². The fraction of sp³-hybridized carbons (Fsp3) is 0.467. The van der Waals surface area contributed by atoms with E-state index in [1.165, 1.54) is 6.92 Å². The number of carbonyl (C=O) groups is 7. The van der Waals surface area contributed by atoms with Gasteiger partial charge in [-0.3, -0.25) is 39.0 Å². The number of guanidine groups is 1. The molecular formula is C45H65N13O10. The molecule has 7 amide bonds. The summed E-state index contributed by atoms with van der Waals surface area (Å²) < 4.78 is 0. The Morgan fingerprint density at radius 3 is 1.51 bits per heavy atom. The predicted octanol–water partition coefficient (Wildman–Crippen LogP) is -2.78. The predicted molar refractivity (Wildman–Crippen MR) is 252 cm³/mol. The Kier molecular flexibility index (Phi) is 20.7. The fourth-order valence-corrected chi connectivity index (χ4v) is 7.46. The van der Waals surface area contributed by atoms with Crippen LogP contribution in [-0.4, -0.2) is 141 Å². The van der Waals surface area contributed by atoms with Crippen LogP contribution < -0.4 is 54.4 Å². The first-order chi connectivity index (χ1) is 32.5. The Balaban J connectivity index is 1.58. The molecule has 0 bridgehead atoms. The molecule has 0 aliphatic carbocycles. The van der Waals surface area contributed by atoms with Gasteiger partial charge in [0.25, 0.3) is 0 Å². The van der Waals surface area contributed by atoms with Crippen LogP contribution in [0.15, 0.2) is 60.9 Å². The number of aliphatic hydroxyl groups excluding tert-OH is 3. The number of nitrogens with two attached hydrogens (primary N) is 3. The molecule has 0 saturated heterocycles. The molecule has 8 atom stereocenters. The number of H-pyrrole nitrogens is 2. The van der Waals surface area contributed by atoms with Crippen LogP contribution in [0.3, 0.4) is 0 Å². The molecule has 19 N–H and O–H groups in total. The second kappa shape index (κ2) is 26.3. The lowest BCUT2D eigenvalue weighted by Crippen LogP contribution is -2.61. The van der Waals surface area contributed by atoms with Crippen molar-refractivity contribution in [3.63, 3.8) is 0 Å². The minimum atomic E-state index is -1.72. The molecule has 0 aliphatic rings. The molecule has 1 unspecified atom stereocenters. The first-order valence-corrected chi connectivity index (χ1v) is 22.4. The molecule has 0 fully saturated rings. The molecule has 23 heteroatoms. The largest absolute Gasteiger partial charge is 0.394 e. The van der Waals surface area contributed by atoms with E-state index in [-0.39, 0.29) is 38.2 Å². The standard InChI is InChI=1S/C45H65N13O10/c1-24(10-7-8-16-46)39(63)56-35(22-59)44(68)55-33(18-26-20-51-30-13-5-3-11-28(26)30)41(65)57-36(23-60)43(67)53-32(15-9-17-50-45(48)49)40(64)54-34(42(66)58-37(25(2)61)38(47)62)19-27-21-52-31-14-6-4-12-29(27)31/h3-6,11-14,20-21,24-25,32-37,51-52,59-61H,7-10,15-19,22-23,46H2,1-2H3,(H2,47,62)(H,53,67)(H,54,64)(H,55,68)(H,56,63)(H,57,65)(H,58,66)(H4,48,49,50)/t24-,25+,32-,33-,34?,35-,36-,37-/m0/s1. The number of amides is 7. The molecule has 2 heterocycles. The average molecular weight is 948 g/mol. The zero-order chi connectivity index (χ0) is 49.9. The smallest absolute Gasteiger partial charge is 0.245 e. The molecule has 68 heavy (non-hydrogen) atoms. The van der Waals surface area contributed by atoms with Gasteiger partial charge in [-0.2, -0.15) is 0 Å². The number of hydrogen-bond acceptors (Lipinski definition) is 12. The van der Waals surface area contributed by atoms with Crippen molar-refractivity contribution >= 4 is 69.1 Å². The Bertz CT molecular complexity index is 2370. The summed E-state index contributed by atoms with van der Waals surface area (Å²) in [4.78, 5) is 101. The highest BCUT2D eigenvalue weighted by Gasteiger charge is 2.34. The van der Waals surface area contributed by atoms with Crippen LogP contribution in [0.1, 0.15) is 57.1 Å². The van der Waals surface area contributed by atoms with E-state index in [0.717, 1.165) is 21.8 Å². The Labute approximate surface area is 392 Å². The Morgan fingerprint density at radius 2 is 1.04 bits per heavy atom. The van der Waals surface area contributed by atoms with Crippen molar-refractivity contribution in [2.24, 2.45) is 23.1 Å². The maximum Gasteiger partial charge on any atom is 0.245 e. The normalized spacial score (nSPS) is 14.8. The second-order valence-electron chi connectivity index (χ2n) is 16.6. The molecule has 370 valence electrons. The number of nitrogens with one attached hydrogen (secondary N) is 10. The molecule has 2 aromatic heterocycles. The van der Waals surface area contributed by atoms with Gasteiger partial charge in [0, 0.05) is 59.5 Å².